The Labute approximate surface area is 183 Å². The summed E-state index contributed by atoms with van der Waals surface area (Å²) in [5.41, 5.74) is 0. The molecule has 0 radical (unpaired) electrons. The van der Waals surface area contributed by atoms with E-state index in [9.17, 15) is 0 Å². The van der Waals surface area contributed by atoms with Crippen LogP contribution < -0.4 is 4.57 Å². The fourth-order valence-corrected chi connectivity index (χ4v) is 4.38. The summed E-state index contributed by atoms with van der Waals surface area (Å²) < 4.78 is 5.13. The van der Waals surface area contributed by atoms with E-state index in [1.54, 1.807) is 5.82 Å². The van der Waals surface area contributed by atoms with Crippen LogP contribution in [0.3, 0.4) is 0 Å². The third-order valence-corrected chi connectivity index (χ3v) is 6.35. The highest BCUT2D eigenvalue weighted by atomic mass is 15.1. The number of rotatable bonds is 21. The van der Waals surface area contributed by atoms with E-state index in [2.05, 4.69) is 42.3 Å². The number of nitrogens with zero attached hydrogens (tertiary/aromatic N) is 2. The van der Waals surface area contributed by atoms with Crippen LogP contribution in [-0.4, -0.2) is 4.57 Å². The summed E-state index contributed by atoms with van der Waals surface area (Å²) in [6.45, 7) is 9.34. The Morgan fingerprint density at radius 2 is 1.07 bits per heavy atom. The number of hydrogen-bond acceptors (Lipinski definition) is 0. The van der Waals surface area contributed by atoms with Gasteiger partial charge in [-0.05, 0) is 32.1 Å². The van der Waals surface area contributed by atoms with E-state index < -0.39 is 0 Å². The molecule has 0 unspecified atom stereocenters. The maximum Gasteiger partial charge on any atom is 0.256 e. The first-order valence-electron chi connectivity index (χ1n) is 13.4. The van der Waals surface area contributed by atoms with Crippen molar-refractivity contribution >= 4 is 0 Å². The van der Waals surface area contributed by atoms with Gasteiger partial charge in [-0.15, -0.1) is 0 Å². The predicted molar refractivity (Wildman–Crippen MR) is 128 cm³/mol. The molecule has 0 spiro atoms. The van der Waals surface area contributed by atoms with Crippen molar-refractivity contribution in [2.24, 2.45) is 0 Å². The van der Waals surface area contributed by atoms with Crippen LogP contribution in [0.1, 0.15) is 142 Å². The van der Waals surface area contributed by atoms with Crippen molar-refractivity contribution in [1.29, 1.82) is 0 Å². The molecule has 1 heterocycles. The van der Waals surface area contributed by atoms with Crippen LogP contribution in [0, 0.1) is 0 Å². The molecule has 0 bridgehead atoms. The van der Waals surface area contributed by atoms with Gasteiger partial charge in [-0.3, -0.25) is 0 Å². The van der Waals surface area contributed by atoms with Crippen molar-refractivity contribution in [1.82, 2.24) is 4.57 Å². The van der Waals surface area contributed by atoms with Crippen molar-refractivity contribution in [3.63, 3.8) is 0 Å². The lowest BCUT2D eigenvalue weighted by Gasteiger charge is -2.06. The van der Waals surface area contributed by atoms with Crippen LogP contribution in [0.5, 0.6) is 0 Å². The quantitative estimate of drug-likeness (QED) is 0.143. The van der Waals surface area contributed by atoms with Gasteiger partial charge < -0.3 is 0 Å². The number of aryl methyl sites for hydroxylation is 2. The van der Waals surface area contributed by atoms with E-state index in [1.807, 2.05) is 0 Å². The lowest BCUT2D eigenvalue weighted by molar-refractivity contribution is -0.704. The van der Waals surface area contributed by atoms with Crippen molar-refractivity contribution in [2.75, 3.05) is 0 Å². The topological polar surface area (TPSA) is 8.81 Å². The molecular formula is C27H53N2+. The smallest absolute Gasteiger partial charge is 0.234 e. The maximum atomic E-state index is 2.58. The zero-order valence-corrected chi connectivity index (χ0v) is 20.4. The second-order valence-corrected chi connectivity index (χ2v) is 9.15. The van der Waals surface area contributed by atoms with Crippen molar-refractivity contribution in [3.05, 3.63) is 18.2 Å². The minimum absolute atomic E-state index is 1.21. The predicted octanol–water partition coefficient (Wildman–Crippen LogP) is 8.40. The summed E-state index contributed by atoms with van der Waals surface area (Å²) in [5.74, 6) is 1.59. The van der Waals surface area contributed by atoms with Crippen molar-refractivity contribution < 1.29 is 4.57 Å². The molecule has 0 aliphatic carbocycles. The first-order chi connectivity index (χ1) is 14.3. The molecule has 2 heteroatoms. The summed E-state index contributed by atoms with van der Waals surface area (Å²) in [4.78, 5) is 0. The highest BCUT2D eigenvalue weighted by Gasteiger charge is 2.16. The average molecular weight is 406 g/mol. The molecule has 29 heavy (non-hydrogen) atoms. The highest BCUT2D eigenvalue weighted by Crippen LogP contribution is 2.13. The fraction of sp³-hybridized carbons (Fsp3) is 0.889. The maximum absolute atomic E-state index is 2.58. The van der Waals surface area contributed by atoms with Gasteiger partial charge in [0.2, 0.25) is 0 Å². The molecule has 0 amide bonds. The van der Waals surface area contributed by atoms with Gasteiger partial charge in [0.15, 0.2) is 0 Å². The molecule has 0 aromatic carbocycles. The van der Waals surface area contributed by atoms with Crippen LogP contribution in [-0.2, 0) is 19.5 Å². The first-order valence-corrected chi connectivity index (χ1v) is 13.4. The largest absolute Gasteiger partial charge is 0.256 e. The van der Waals surface area contributed by atoms with Gasteiger partial charge in [-0.2, -0.15) is 0 Å². The third kappa shape index (κ3) is 13.2. The molecule has 0 aliphatic rings. The molecule has 0 saturated heterocycles. The molecule has 1 rings (SSSR count). The Bertz CT molecular complexity index is 463. The van der Waals surface area contributed by atoms with Gasteiger partial charge >= 0.3 is 0 Å². The van der Waals surface area contributed by atoms with Gasteiger partial charge in [-0.25, -0.2) is 9.13 Å². The van der Waals surface area contributed by atoms with Gasteiger partial charge in [0.25, 0.3) is 5.82 Å². The van der Waals surface area contributed by atoms with Crippen LogP contribution in [0.25, 0.3) is 0 Å². The summed E-state index contributed by atoms with van der Waals surface area (Å²) in [6.07, 6.45) is 31.1. The molecule has 1 aromatic heterocycles. The minimum atomic E-state index is 1.21. The summed E-state index contributed by atoms with van der Waals surface area (Å²) in [6, 6.07) is 0. The second-order valence-electron chi connectivity index (χ2n) is 9.15. The zero-order chi connectivity index (χ0) is 21.0. The van der Waals surface area contributed by atoms with E-state index in [1.165, 1.54) is 135 Å². The lowest BCUT2D eigenvalue weighted by atomic mass is 10.1. The molecule has 0 aliphatic heterocycles. The number of aromatic nitrogens is 2. The van der Waals surface area contributed by atoms with Gasteiger partial charge in [0.1, 0.15) is 12.4 Å². The molecule has 0 atom stereocenters. The van der Waals surface area contributed by atoms with Crippen molar-refractivity contribution in [2.45, 2.75) is 156 Å². The monoisotopic (exact) mass is 405 g/mol. The summed E-state index contributed by atoms with van der Waals surface area (Å²) >= 11 is 0. The SMILES string of the molecule is CCCCCCCCCCCCCn1cc[n+](CCCCC)c1CCCCCC. The molecule has 0 saturated carbocycles. The molecular weight excluding hydrogens is 352 g/mol. The Balaban J connectivity index is 2.25. The zero-order valence-electron chi connectivity index (χ0n) is 20.4. The second kappa shape index (κ2) is 19.2. The minimum Gasteiger partial charge on any atom is -0.234 e. The molecule has 2 nitrogen and oxygen atoms in total. The van der Waals surface area contributed by atoms with Crippen LogP contribution >= 0.6 is 0 Å². The van der Waals surface area contributed by atoms with Gasteiger partial charge in [-0.1, -0.05) is 104 Å². The van der Waals surface area contributed by atoms with Crippen LogP contribution in [0.15, 0.2) is 12.4 Å². The van der Waals surface area contributed by atoms with E-state index >= 15 is 0 Å². The highest BCUT2D eigenvalue weighted by molar-refractivity contribution is 4.84. The fourth-order valence-electron chi connectivity index (χ4n) is 4.38. The number of imidazole rings is 1. The molecule has 170 valence electrons. The average Bonchev–Trinajstić information content (AvgIpc) is 3.11. The lowest BCUT2D eigenvalue weighted by Crippen LogP contribution is -2.37. The summed E-state index contributed by atoms with van der Waals surface area (Å²) in [5, 5.41) is 0. The Morgan fingerprint density at radius 3 is 1.66 bits per heavy atom. The number of hydrogen-bond donors (Lipinski definition) is 0. The van der Waals surface area contributed by atoms with E-state index in [0.717, 1.165) is 0 Å². The van der Waals surface area contributed by atoms with E-state index in [0.29, 0.717) is 0 Å². The molecule has 1 aromatic rings. The standard InChI is InChI=1S/C27H53N2/c1-4-7-10-12-13-14-15-16-17-18-21-24-29-26-25-28(23-20-9-6-3)27(29)22-19-11-8-5-2/h25-26H,4-24H2,1-3H3/q+1. The van der Waals surface area contributed by atoms with E-state index in [-0.39, 0.29) is 0 Å². The Hall–Kier alpha value is -0.790. The Kier molecular flexibility index (Phi) is 17.4. The van der Waals surface area contributed by atoms with E-state index in [4.69, 9.17) is 0 Å². The van der Waals surface area contributed by atoms with Crippen molar-refractivity contribution in [3.8, 4) is 0 Å². The van der Waals surface area contributed by atoms with Crippen LogP contribution in [0.2, 0.25) is 0 Å². The summed E-state index contributed by atoms with van der Waals surface area (Å²) in [7, 11) is 0. The van der Waals surface area contributed by atoms with Gasteiger partial charge in [0.05, 0.1) is 13.1 Å². The van der Waals surface area contributed by atoms with Crippen LogP contribution in [0.4, 0.5) is 0 Å². The van der Waals surface area contributed by atoms with Gasteiger partial charge in [0, 0.05) is 6.42 Å². The third-order valence-electron chi connectivity index (χ3n) is 6.35. The first kappa shape index (κ1) is 26.2. The Morgan fingerprint density at radius 1 is 0.586 bits per heavy atom. The number of unbranched alkanes of at least 4 members (excludes halogenated alkanes) is 15. The molecule has 0 fully saturated rings. The molecule has 0 N–H and O–H groups in total. The normalized spacial score (nSPS) is 11.4.